The molecule has 3 atom stereocenters. The zero-order chi connectivity index (χ0) is 42.3. The average Bonchev–Trinajstić information content (AvgIpc) is 3.23. The van der Waals surface area contributed by atoms with E-state index in [4.69, 9.17) is 0 Å². The second-order valence-electron chi connectivity index (χ2n) is 18.5. The number of unbranched alkanes of at least 4 members (excludes halogenated alkanes) is 41. The molecule has 5 nitrogen and oxygen atoms in total. The molecule has 4 N–H and O–H groups in total. The molecule has 0 saturated heterocycles. The number of rotatable bonds is 49. The van der Waals surface area contributed by atoms with Crippen LogP contribution in [0.2, 0.25) is 0 Å². The number of nitrogens with one attached hydrogen (secondary N) is 1. The summed E-state index contributed by atoms with van der Waals surface area (Å²) in [6, 6.07) is -0.792. The highest BCUT2D eigenvalue weighted by Crippen LogP contribution is 2.18. The van der Waals surface area contributed by atoms with Crippen LogP contribution in [0.3, 0.4) is 0 Å². The van der Waals surface area contributed by atoms with E-state index in [9.17, 15) is 20.1 Å². The van der Waals surface area contributed by atoms with Gasteiger partial charge in [-0.05, 0) is 19.3 Å². The van der Waals surface area contributed by atoms with Gasteiger partial charge >= 0.3 is 0 Å². The van der Waals surface area contributed by atoms with Crippen molar-refractivity contribution in [2.24, 2.45) is 0 Å². The highest BCUT2D eigenvalue weighted by Gasteiger charge is 2.22. The van der Waals surface area contributed by atoms with Gasteiger partial charge in [0.1, 0.15) is 6.10 Å². The summed E-state index contributed by atoms with van der Waals surface area (Å²) in [7, 11) is 0. The molecular formula is C53H105NO4. The standard InChI is InChI=1S/C53H105NO4/c1-3-5-7-9-11-13-15-17-18-19-20-21-22-23-24-25-26-27-28-29-30-31-32-33-34-35-36-38-40-42-44-46-48-52(57)53(58)54-50(49-55)51(56)47-45-43-41-39-37-16-14-12-10-8-6-4-2/h45,47,50-52,55-57H,3-44,46,48-49H2,1-2H3,(H,54,58)/b47-45+. The maximum Gasteiger partial charge on any atom is 0.249 e. The Bertz CT molecular complexity index is 818. The topological polar surface area (TPSA) is 89.8 Å². The van der Waals surface area contributed by atoms with Crippen LogP contribution in [0.4, 0.5) is 0 Å². The third kappa shape index (κ3) is 43.2. The molecule has 0 aromatic heterocycles. The number of aliphatic hydroxyl groups excluding tert-OH is 3. The fraction of sp³-hybridized carbons (Fsp3) is 0.943. The molecule has 0 radical (unpaired) electrons. The second kappa shape index (κ2) is 48.8. The van der Waals surface area contributed by atoms with Gasteiger partial charge in [-0.15, -0.1) is 0 Å². The van der Waals surface area contributed by atoms with Gasteiger partial charge in [0.05, 0.1) is 18.8 Å². The van der Waals surface area contributed by atoms with Crippen molar-refractivity contribution in [3.8, 4) is 0 Å². The summed E-state index contributed by atoms with van der Waals surface area (Å²) in [5, 5.41) is 33.2. The maximum absolute atomic E-state index is 12.5. The first-order valence-corrected chi connectivity index (χ1v) is 26.5. The first-order valence-electron chi connectivity index (χ1n) is 26.5. The summed E-state index contributed by atoms with van der Waals surface area (Å²) in [6.45, 7) is 4.20. The van der Waals surface area contributed by atoms with E-state index in [1.807, 2.05) is 6.08 Å². The molecule has 0 aliphatic carbocycles. The van der Waals surface area contributed by atoms with Crippen LogP contribution in [0.15, 0.2) is 12.2 Å². The van der Waals surface area contributed by atoms with Crippen LogP contribution in [0.5, 0.6) is 0 Å². The van der Waals surface area contributed by atoms with Gasteiger partial charge in [0, 0.05) is 0 Å². The van der Waals surface area contributed by atoms with Crippen LogP contribution in [0.1, 0.15) is 296 Å². The van der Waals surface area contributed by atoms with Crippen LogP contribution >= 0.6 is 0 Å². The minimum absolute atomic E-state index is 0.359. The zero-order valence-corrected chi connectivity index (χ0v) is 39.5. The van der Waals surface area contributed by atoms with E-state index in [0.29, 0.717) is 6.42 Å². The van der Waals surface area contributed by atoms with E-state index in [2.05, 4.69) is 19.2 Å². The lowest BCUT2D eigenvalue weighted by atomic mass is 10.0. The molecule has 0 saturated carbocycles. The molecule has 0 fully saturated rings. The SMILES string of the molecule is CCCCCCCCCCCC/C=C/C(O)C(CO)NC(=O)C(O)CCCCCCCCCCCCCCCCCCCCCCCCCCCCCCCCCC. The van der Waals surface area contributed by atoms with Gasteiger partial charge in [-0.25, -0.2) is 0 Å². The van der Waals surface area contributed by atoms with Crippen LogP contribution in [0, 0.1) is 0 Å². The molecule has 0 aliphatic heterocycles. The molecule has 0 heterocycles. The van der Waals surface area contributed by atoms with Crippen molar-refractivity contribution >= 4 is 5.91 Å². The largest absolute Gasteiger partial charge is 0.394 e. The minimum Gasteiger partial charge on any atom is -0.394 e. The van der Waals surface area contributed by atoms with Gasteiger partial charge in [-0.3, -0.25) is 4.79 Å². The van der Waals surface area contributed by atoms with Gasteiger partial charge in [-0.1, -0.05) is 289 Å². The Morgan fingerprint density at radius 2 is 0.672 bits per heavy atom. The number of amides is 1. The molecule has 346 valence electrons. The molecule has 1 amide bonds. The maximum atomic E-state index is 12.5. The summed E-state index contributed by atoms with van der Waals surface area (Å²) in [4.78, 5) is 12.5. The number of carbonyl (C=O) groups excluding carboxylic acids is 1. The number of aliphatic hydroxyl groups is 3. The molecular weight excluding hydrogens is 715 g/mol. The quantitative estimate of drug-likeness (QED) is 0.0364. The number of hydrogen-bond donors (Lipinski definition) is 4. The van der Waals surface area contributed by atoms with Crippen molar-refractivity contribution in [2.75, 3.05) is 6.61 Å². The van der Waals surface area contributed by atoms with E-state index in [0.717, 1.165) is 32.1 Å². The van der Waals surface area contributed by atoms with Crippen LogP contribution in [-0.4, -0.2) is 46.1 Å². The van der Waals surface area contributed by atoms with Crippen molar-refractivity contribution < 1.29 is 20.1 Å². The van der Waals surface area contributed by atoms with Crippen molar-refractivity contribution in [3.05, 3.63) is 12.2 Å². The summed E-state index contributed by atoms with van der Waals surface area (Å²) >= 11 is 0. The lowest BCUT2D eigenvalue weighted by Crippen LogP contribution is -2.48. The summed E-state index contributed by atoms with van der Waals surface area (Å²) in [5.41, 5.74) is 0. The average molecular weight is 820 g/mol. The number of hydrogen-bond acceptors (Lipinski definition) is 4. The third-order valence-electron chi connectivity index (χ3n) is 12.6. The van der Waals surface area contributed by atoms with E-state index < -0.39 is 24.2 Å². The minimum atomic E-state index is -1.09. The van der Waals surface area contributed by atoms with Crippen LogP contribution < -0.4 is 5.32 Å². The number of carbonyl (C=O) groups is 1. The Labute approximate surface area is 363 Å². The molecule has 0 aromatic rings. The van der Waals surface area contributed by atoms with Crippen molar-refractivity contribution in [2.45, 2.75) is 315 Å². The van der Waals surface area contributed by atoms with Crippen molar-refractivity contribution in [1.82, 2.24) is 5.32 Å². The Kier molecular flexibility index (Phi) is 48.0. The molecule has 0 spiro atoms. The molecule has 0 rings (SSSR count). The summed E-state index contributed by atoms with van der Waals surface area (Å²) in [5.74, 6) is -0.498. The van der Waals surface area contributed by atoms with Crippen LogP contribution in [-0.2, 0) is 4.79 Å². The molecule has 0 bridgehead atoms. The van der Waals surface area contributed by atoms with Gasteiger partial charge in [-0.2, -0.15) is 0 Å². The van der Waals surface area contributed by atoms with Crippen molar-refractivity contribution in [1.29, 1.82) is 0 Å². The van der Waals surface area contributed by atoms with Gasteiger partial charge < -0.3 is 20.6 Å². The van der Waals surface area contributed by atoms with Crippen molar-refractivity contribution in [3.63, 3.8) is 0 Å². The normalized spacial score (nSPS) is 13.4. The van der Waals surface area contributed by atoms with Gasteiger partial charge in [0.25, 0.3) is 0 Å². The fourth-order valence-corrected chi connectivity index (χ4v) is 8.48. The second-order valence-corrected chi connectivity index (χ2v) is 18.5. The first-order chi connectivity index (χ1) is 28.6. The molecule has 0 aromatic carbocycles. The highest BCUT2D eigenvalue weighted by molar-refractivity contribution is 5.80. The lowest BCUT2D eigenvalue weighted by Gasteiger charge is -2.21. The van der Waals surface area contributed by atoms with E-state index in [-0.39, 0.29) is 6.61 Å². The Hall–Kier alpha value is -0.910. The predicted molar refractivity (Wildman–Crippen MR) is 255 cm³/mol. The van der Waals surface area contributed by atoms with E-state index >= 15 is 0 Å². The van der Waals surface area contributed by atoms with Gasteiger partial charge in [0.15, 0.2) is 0 Å². The lowest BCUT2D eigenvalue weighted by molar-refractivity contribution is -0.131. The highest BCUT2D eigenvalue weighted by atomic mass is 16.3. The molecule has 58 heavy (non-hydrogen) atoms. The number of allylic oxidation sites excluding steroid dienone is 1. The molecule has 0 aliphatic rings. The first kappa shape index (κ1) is 57.1. The fourth-order valence-electron chi connectivity index (χ4n) is 8.48. The summed E-state index contributed by atoms with van der Waals surface area (Å²) < 4.78 is 0. The third-order valence-corrected chi connectivity index (χ3v) is 12.6. The van der Waals surface area contributed by atoms with E-state index in [1.54, 1.807) is 6.08 Å². The zero-order valence-electron chi connectivity index (χ0n) is 39.5. The predicted octanol–water partition coefficient (Wildman–Crippen LogP) is 15.9. The molecule has 5 heteroatoms. The van der Waals surface area contributed by atoms with Gasteiger partial charge in [0.2, 0.25) is 5.91 Å². The van der Waals surface area contributed by atoms with E-state index in [1.165, 1.54) is 244 Å². The van der Waals surface area contributed by atoms with Crippen LogP contribution in [0.25, 0.3) is 0 Å². The molecule has 3 unspecified atom stereocenters. The summed E-state index contributed by atoms with van der Waals surface area (Å²) in [6.07, 6.45) is 60.1. The Morgan fingerprint density at radius 1 is 0.414 bits per heavy atom. The Morgan fingerprint density at radius 3 is 0.948 bits per heavy atom. The Balaban J connectivity index is 3.45. The smallest absolute Gasteiger partial charge is 0.249 e. The monoisotopic (exact) mass is 820 g/mol.